The van der Waals surface area contributed by atoms with Crippen molar-refractivity contribution in [3.63, 3.8) is 0 Å². The molecule has 0 aromatic carbocycles. The van der Waals surface area contributed by atoms with Crippen LogP contribution in [0, 0.1) is 21.7 Å². The van der Waals surface area contributed by atoms with Gasteiger partial charge in [-0.15, -0.1) is 0 Å². The molecule has 0 radical (unpaired) electrons. The standard InChI is InChI=1S/C23H42O10/c1-7-23(8-2,9-3)16-33-19(30)22(6,14-31-17(28)20(4,10-24)11-25)15-32-18(29)21(5,12-26)13-27/h24-27H,7-16H2,1-6H3. The van der Waals surface area contributed by atoms with E-state index in [1.165, 1.54) is 20.8 Å². The normalized spacial score (nSPS) is 12.9. The van der Waals surface area contributed by atoms with E-state index in [0.29, 0.717) is 0 Å². The number of ether oxygens (including phenoxy) is 3. The SMILES string of the molecule is CCC(CC)(CC)COC(=O)C(C)(COC(=O)C(C)(CO)CO)COC(=O)C(C)(CO)CO. The molecular weight excluding hydrogens is 436 g/mol. The predicted molar refractivity (Wildman–Crippen MR) is 119 cm³/mol. The second-order valence-electron chi connectivity index (χ2n) is 9.60. The van der Waals surface area contributed by atoms with Crippen molar-refractivity contribution in [3.8, 4) is 0 Å². The molecule has 0 bridgehead atoms. The van der Waals surface area contributed by atoms with Gasteiger partial charge < -0.3 is 34.6 Å². The number of hydrogen-bond acceptors (Lipinski definition) is 10. The molecule has 10 nitrogen and oxygen atoms in total. The van der Waals surface area contributed by atoms with E-state index in [1.54, 1.807) is 0 Å². The van der Waals surface area contributed by atoms with Crippen molar-refractivity contribution in [2.45, 2.75) is 60.8 Å². The average molecular weight is 479 g/mol. The Bertz CT molecular complexity index is 591. The van der Waals surface area contributed by atoms with Gasteiger partial charge in [-0.05, 0) is 40.0 Å². The van der Waals surface area contributed by atoms with Crippen LogP contribution in [0.5, 0.6) is 0 Å². The van der Waals surface area contributed by atoms with Gasteiger partial charge >= 0.3 is 17.9 Å². The molecule has 0 amide bonds. The van der Waals surface area contributed by atoms with Gasteiger partial charge in [0.15, 0.2) is 0 Å². The molecule has 4 N–H and O–H groups in total. The highest BCUT2D eigenvalue weighted by atomic mass is 16.6. The molecule has 0 saturated carbocycles. The lowest BCUT2D eigenvalue weighted by molar-refractivity contribution is -0.180. The van der Waals surface area contributed by atoms with Crippen LogP contribution in [0.1, 0.15) is 60.8 Å². The molecule has 10 heteroatoms. The maximum Gasteiger partial charge on any atom is 0.318 e. The van der Waals surface area contributed by atoms with Gasteiger partial charge in [-0.3, -0.25) is 14.4 Å². The van der Waals surface area contributed by atoms with Crippen molar-refractivity contribution in [3.05, 3.63) is 0 Å². The van der Waals surface area contributed by atoms with Crippen molar-refractivity contribution in [2.75, 3.05) is 46.2 Å². The van der Waals surface area contributed by atoms with Crippen LogP contribution in [-0.4, -0.2) is 84.6 Å². The molecule has 0 spiro atoms. The van der Waals surface area contributed by atoms with Gasteiger partial charge in [-0.2, -0.15) is 0 Å². The lowest BCUT2D eigenvalue weighted by atomic mass is 9.80. The Kier molecular flexibility index (Phi) is 12.5. The molecule has 0 rings (SSSR count). The maximum absolute atomic E-state index is 13.1. The van der Waals surface area contributed by atoms with Crippen molar-refractivity contribution in [1.82, 2.24) is 0 Å². The van der Waals surface area contributed by atoms with Gasteiger partial charge in [0.25, 0.3) is 0 Å². The molecule has 0 aliphatic carbocycles. The van der Waals surface area contributed by atoms with Crippen LogP contribution < -0.4 is 0 Å². The molecule has 0 unspecified atom stereocenters. The first-order chi connectivity index (χ1) is 15.3. The minimum absolute atomic E-state index is 0.128. The summed E-state index contributed by atoms with van der Waals surface area (Å²) in [4.78, 5) is 37.8. The fraction of sp³-hybridized carbons (Fsp3) is 0.870. The lowest BCUT2D eigenvalue weighted by Gasteiger charge is -2.34. The van der Waals surface area contributed by atoms with Crippen LogP contribution in [0.15, 0.2) is 0 Å². The fourth-order valence-corrected chi connectivity index (χ4v) is 2.76. The average Bonchev–Trinajstić information content (AvgIpc) is 2.85. The first kappa shape index (κ1) is 31.2. The number of rotatable bonds is 16. The summed E-state index contributed by atoms with van der Waals surface area (Å²) in [7, 11) is 0. The number of carbonyl (C=O) groups is 3. The topological polar surface area (TPSA) is 160 Å². The molecule has 194 valence electrons. The zero-order valence-corrected chi connectivity index (χ0v) is 20.8. The smallest absolute Gasteiger partial charge is 0.318 e. The number of hydrogen-bond donors (Lipinski definition) is 4. The Morgan fingerprint density at radius 2 is 0.818 bits per heavy atom. The molecule has 0 aliphatic heterocycles. The van der Waals surface area contributed by atoms with Gasteiger partial charge in [0, 0.05) is 5.41 Å². The molecule has 0 aromatic rings. The third kappa shape index (κ3) is 7.91. The van der Waals surface area contributed by atoms with Gasteiger partial charge in [0.05, 0.1) is 33.0 Å². The van der Waals surface area contributed by atoms with E-state index in [0.717, 1.165) is 19.3 Å². The van der Waals surface area contributed by atoms with E-state index in [4.69, 9.17) is 14.2 Å². The van der Waals surface area contributed by atoms with Crippen LogP contribution >= 0.6 is 0 Å². The highest BCUT2D eigenvalue weighted by molar-refractivity contribution is 5.81. The van der Waals surface area contributed by atoms with Crippen LogP contribution in [0.3, 0.4) is 0 Å². The fourth-order valence-electron chi connectivity index (χ4n) is 2.76. The molecule has 0 aliphatic rings. The first-order valence-corrected chi connectivity index (χ1v) is 11.3. The summed E-state index contributed by atoms with van der Waals surface area (Å²) in [6, 6.07) is 0. The number of aliphatic hydroxyl groups excluding tert-OH is 4. The Morgan fingerprint density at radius 1 is 0.545 bits per heavy atom. The number of carbonyl (C=O) groups excluding carboxylic acids is 3. The zero-order valence-electron chi connectivity index (χ0n) is 20.8. The zero-order chi connectivity index (χ0) is 25.9. The summed E-state index contributed by atoms with van der Waals surface area (Å²) < 4.78 is 16.0. The second-order valence-corrected chi connectivity index (χ2v) is 9.60. The van der Waals surface area contributed by atoms with Crippen molar-refractivity contribution < 1.29 is 49.0 Å². The van der Waals surface area contributed by atoms with Crippen LogP contribution in [0.2, 0.25) is 0 Å². The van der Waals surface area contributed by atoms with Gasteiger partial charge in [0.1, 0.15) is 29.5 Å². The van der Waals surface area contributed by atoms with E-state index >= 15 is 0 Å². The molecule has 0 heterocycles. The molecular formula is C23H42O10. The van der Waals surface area contributed by atoms with Gasteiger partial charge in [-0.1, -0.05) is 20.8 Å². The minimum Gasteiger partial charge on any atom is -0.464 e. The molecule has 0 atom stereocenters. The van der Waals surface area contributed by atoms with E-state index in [2.05, 4.69) is 0 Å². The molecule has 0 aromatic heterocycles. The summed E-state index contributed by atoms with van der Waals surface area (Å²) in [5, 5.41) is 37.6. The number of esters is 3. The summed E-state index contributed by atoms with van der Waals surface area (Å²) >= 11 is 0. The monoisotopic (exact) mass is 478 g/mol. The quantitative estimate of drug-likeness (QED) is 0.185. The number of aliphatic hydroxyl groups is 4. The molecule has 0 fully saturated rings. The lowest BCUT2D eigenvalue weighted by Crippen LogP contribution is -2.46. The van der Waals surface area contributed by atoms with Crippen molar-refractivity contribution in [2.24, 2.45) is 21.7 Å². The van der Waals surface area contributed by atoms with E-state index in [1.807, 2.05) is 20.8 Å². The first-order valence-electron chi connectivity index (χ1n) is 11.3. The Balaban J connectivity index is 5.67. The minimum atomic E-state index is -1.61. The molecule has 33 heavy (non-hydrogen) atoms. The van der Waals surface area contributed by atoms with Crippen LogP contribution in [-0.2, 0) is 28.6 Å². The second kappa shape index (κ2) is 13.2. The van der Waals surface area contributed by atoms with E-state index < -0.39 is 73.8 Å². The predicted octanol–water partition coefficient (Wildman–Crippen LogP) is 0.821. The summed E-state index contributed by atoms with van der Waals surface area (Å²) in [5.41, 5.74) is -4.97. The largest absolute Gasteiger partial charge is 0.464 e. The summed E-state index contributed by atoms with van der Waals surface area (Å²) in [6.07, 6.45) is 2.35. The van der Waals surface area contributed by atoms with Crippen molar-refractivity contribution in [1.29, 1.82) is 0 Å². The third-order valence-electron chi connectivity index (χ3n) is 6.68. The van der Waals surface area contributed by atoms with Gasteiger partial charge in [0.2, 0.25) is 0 Å². The van der Waals surface area contributed by atoms with Crippen LogP contribution in [0.4, 0.5) is 0 Å². The molecule has 0 saturated heterocycles. The summed E-state index contributed by atoms with van der Waals surface area (Å²) in [6.45, 7) is 6.36. The van der Waals surface area contributed by atoms with E-state index in [9.17, 15) is 34.8 Å². The summed E-state index contributed by atoms with van der Waals surface area (Å²) in [5.74, 6) is -2.62. The maximum atomic E-state index is 13.1. The Morgan fingerprint density at radius 3 is 1.09 bits per heavy atom. The van der Waals surface area contributed by atoms with Crippen LogP contribution in [0.25, 0.3) is 0 Å². The van der Waals surface area contributed by atoms with E-state index in [-0.39, 0.29) is 12.0 Å². The highest BCUT2D eigenvalue weighted by Gasteiger charge is 2.44. The highest BCUT2D eigenvalue weighted by Crippen LogP contribution is 2.32. The third-order valence-corrected chi connectivity index (χ3v) is 6.68. The Labute approximate surface area is 196 Å². The van der Waals surface area contributed by atoms with Gasteiger partial charge in [-0.25, -0.2) is 0 Å². The van der Waals surface area contributed by atoms with Crippen molar-refractivity contribution >= 4 is 17.9 Å². The Hall–Kier alpha value is -1.75.